The minimum absolute atomic E-state index is 0. The molecule has 0 saturated carbocycles. The number of aromatic nitrogens is 1. The van der Waals surface area contributed by atoms with Gasteiger partial charge in [0.15, 0.2) is 0 Å². The topological polar surface area (TPSA) is 12.9 Å². The summed E-state index contributed by atoms with van der Waals surface area (Å²) in [6.07, 6.45) is 3.50. The van der Waals surface area contributed by atoms with Crippen molar-refractivity contribution >= 4 is 31.4 Å². The molecule has 1 aromatic heterocycles. The number of pyridine rings is 1. The molecule has 0 radical (unpaired) electrons. The molecule has 0 N–H and O–H groups in total. The zero-order chi connectivity index (χ0) is 4.24. The normalized spacial score (nSPS) is 6.00. The van der Waals surface area contributed by atoms with E-state index < -0.39 is 0 Å². The van der Waals surface area contributed by atoms with Gasteiger partial charge in [-0.05, 0) is 12.1 Å². The van der Waals surface area contributed by atoms with Crippen molar-refractivity contribution < 1.29 is 0 Å². The van der Waals surface area contributed by atoms with Crippen LogP contribution in [0.5, 0.6) is 0 Å². The predicted molar refractivity (Wildman–Crippen MR) is 44.6 cm³/mol. The van der Waals surface area contributed by atoms with Gasteiger partial charge in [-0.3, -0.25) is 4.98 Å². The Hall–Kier alpha value is 0.0584. The number of rotatable bonds is 0. The fourth-order valence-electron chi connectivity index (χ4n) is 0.313. The van der Waals surface area contributed by atoms with Crippen molar-refractivity contribution in [2.75, 3.05) is 0 Å². The zero-order valence-electron chi connectivity index (χ0n) is 4.54. The SMILES string of the molecule is S.[AsH3].c1ccncc1. The second-order valence-corrected chi connectivity index (χ2v) is 1.02. The maximum Gasteiger partial charge on any atom is 0.0267 e. The van der Waals surface area contributed by atoms with Crippen molar-refractivity contribution in [3.05, 3.63) is 30.6 Å². The van der Waals surface area contributed by atoms with Crippen molar-refractivity contribution in [2.45, 2.75) is 0 Å². The summed E-state index contributed by atoms with van der Waals surface area (Å²) in [4.78, 5) is 3.78. The van der Waals surface area contributed by atoms with Gasteiger partial charge in [-0.2, -0.15) is 13.5 Å². The van der Waals surface area contributed by atoms with Crippen LogP contribution in [0.25, 0.3) is 0 Å². The molecule has 0 aliphatic carbocycles. The molecule has 1 atom stereocenters. The molecule has 0 aromatic carbocycles. The van der Waals surface area contributed by atoms with Crippen LogP contribution < -0.4 is 0 Å². The molecule has 0 bridgehead atoms. The zero-order valence-corrected chi connectivity index (χ0v) is 8.51. The summed E-state index contributed by atoms with van der Waals surface area (Å²) in [5.74, 6) is 0. The smallest absolute Gasteiger partial charge is 0.0267 e. The second kappa shape index (κ2) is 7.06. The van der Waals surface area contributed by atoms with Gasteiger partial charge in [0.05, 0.1) is 0 Å². The van der Waals surface area contributed by atoms with Gasteiger partial charge in [0, 0.05) is 12.4 Å². The quantitative estimate of drug-likeness (QED) is 0.526. The first-order valence-electron chi connectivity index (χ1n) is 1.85. The Morgan fingerprint density at radius 3 is 1.50 bits per heavy atom. The Labute approximate surface area is 67.3 Å². The molecule has 1 unspecified atom stereocenters. The van der Waals surface area contributed by atoms with E-state index in [9.17, 15) is 0 Å². The monoisotopic (exact) mass is 191 g/mol. The predicted octanol–water partition coefficient (Wildman–Crippen LogP) is 0.0105. The first-order valence-corrected chi connectivity index (χ1v) is 1.85. The van der Waals surface area contributed by atoms with Crippen LogP contribution in [0.15, 0.2) is 30.6 Å². The van der Waals surface area contributed by atoms with Crippen LogP contribution in [-0.4, -0.2) is 22.9 Å². The minimum atomic E-state index is 0. The molecule has 0 fully saturated rings. The summed E-state index contributed by atoms with van der Waals surface area (Å²) in [7, 11) is 0. The second-order valence-electron chi connectivity index (χ2n) is 1.02. The third-order valence-electron chi connectivity index (χ3n) is 0.566. The van der Waals surface area contributed by atoms with Gasteiger partial charge < -0.3 is 0 Å². The summed E-state index contributed by atoms with van der Waals surface area (Å²) in [6, 6.07) is 5.72. The summed E-state index contributed by atoms with van der Waals surface area (Å²) in [5, 5.41) is 0. The van der Waals surface area contributed by atoms with Gasteiger partial charge in [0.2, 0.25) is 0 Å². The van der Waals surface area contributed by atoms with Gasteiger partial charge >= 0.3 is 18.0 Å². The standard InChI is InChI=1S/C5H5N.AsH3.H2S/c1-2-4-6-5-3-1;;/h1-5H;1H3;1H2. The molecule has 8 heavy (non-hydrogen) atoms. The molecular formula is C5H10AsNS. The van der Waals surface area contributed by atoms with Crippen molar-refractivity contribution in [3.8, 4) is 0 Å². The van der Waals surface area contributed by atoms with E-state index in [1.807, 2.05) is 18.2 Å². The van der Waals surface area contributed by atoms with E-state index in [0.29, 0.717) is 0 Å². The van der Waals surface area contributed by atoms with Gasteiger partial charge in [-0.25, -0.2) is 0 Å². The number of hydrogen-bond acceptors (Lipinski definition) is 1. The molecule has 46 valence electrons. The summed E-state index contributed by atoms with van der Waals surface area (Å²) >= 11 is 0. The fourth-order valence-corrected chi connectivity index (χ4v) is 0.313. The molecule has 0 saturated heterocycles. The van der Waals surface area contributed by atoms with E-state index in [0.717, 1.165) is 0 Å². The molecule has 0 aliphatic heterocycles. The van der Waals surface area contributed by atoms with Gasteiger partial charge in [-0.1, -0.05) is 6.07 Å². The minimum Gasteiger partial charge on any atom is -0.265 e. The summed E-state index contributed by atoms with van der Waals surface area (Å²) in [5.41, 5.74) is 0. The molecule has 1 nitrogen and oxygen atoms in total. The van der Waals surface area contributed by atoms with Crippen molar-refractivity contribution in [1.82, 2.24) is 4.98 Å². The van der Waals surface area contributed by atoms with Crippen molar-refractivity contribution in [2.24, 2.45) is 0 Å². The molecule has 1 aromatic rings. The van der Waals surface area contributed by atoms with E-state index in [1.54, 1.807) is 12.4 Å². The number of nitrogens with zero attached hydrogens (tertiary/aromatic N) is 1. The van der Waals surface area contributed by atoms with Crippen LogP contribution in [0.2, 0.25) is 0 Å². The number of hydrogen-bond donors (Lipinski definition) is 0. The first kappa shape index (κ1) is 10.9. The van der Waals surface area contributed by atoms with Crippen molar-refractivity contribution in [3.63, 3.8) is 0 Å². The molecule has 0 aliphatic rings. The summed E-state index contributed by atoms with van der Waals surface area (Å²) < 4.78 is 0. The van der Waals surface area contributed by atoms with Crippen LogP contribution in [0.4, 0.5) is 0 Å². The van der Waals surface area contributed by atoms with Crippen molar-refractivity contribution in [1.29, 1.82) is 0 Å². The third kappa shape index (κ3) is 4.22. The van der Waals surface area contributed by atoms with Gasteiger partial charge in [-0.15, -0.1) is 0 Å². The van der Waals surface area contributed by atoms with Gasteiger partial charge in [0.25, 0.3) is 0 Å². The molecule has 0 amide bonds. The van der Waals surface area contributed by atoms with E-state index in [4.69, 9.17) is 0 Å². The Kier molecular flexibility index (Phi) is 9.65. The molecule has 1 heterocycles. The Morgan fingerprint density at radius 2 is 1.38 bits per heavy atom. The van der Waals surface area contributed by atoms with E-state index >= 15 is 0 Å². The molecule has 1 rings (SSSR count). The Bertz CT molecular complexity index is 84.4. The van der Waals surface area contributed by atoms with Crippen LogP contribution in [0, 0.1) is 0 Å². The maximum absolute atomic E-state index is 3.78. The molecule has 0 spiro atoms. The van der Waals surface area contributed by atoms with Crippen LogP contribution in [0.3, 0.4) is 0 Å². The Morgan fingerprint density at radius 1 is 0.875 bits per heavy atom. The van der Waals surface area contributed by atoms with Crippen LogP contribution in [-0.2, 0) is 0 Å². The first-order chi connectivity index (χ1) is 3.00. The maximum atomic E-state index is 3.78. The molecular weight excluding hydrogens is 181 g/mol. The largest absolute Gasteiger partial charge is 0.265 e. The summed E-state index contributed by atoms with van der Waals surface area (Å²) in [6.45, 7) is 0. The Balaban J connectivity index is 0. The average Bonchev–Trinajstić information content (AvgIpc) is 1.72. The van der Waals surface area contributed by atoms with E-state index in [-0.39, 0.29) is 31.4 Å². The fraction of sp³-hybridized carbons (Fsp3) is 0. The van der Waals surface area contributed by atoms with Crippen LogP contribution in [0.1, 0.15) is 0 Å². The van der Waals surface area contributed by atoms with E-state index in [1.165, 1.54) is 0 Å². The third-order valence-corrected chi connectivity index (χ3v) is 0.566. The molecule has 3 heteroatoms. The average molecular weight is 191 g/mol. The van der Waals surface area contributed by atoms with E-state index in [2.05, 4.69) is 4.98 Å². The van der Waals surface area contributed by atoms with Crippen LogP contribution >= 0.6 is 13.5 Å². The van der Waals surface area contributed by atoms with Gasteiger partial charge in [0.1, 0.15) is 0 Å².